The third-order valence-electron chi connectivity index (χ3n) is 4.12. The number of nitrogens with one attached hydrogen (secondary N) is 1. The van der Waals surface area contributed by atoms with Crippen LogP contribution in [0.2, 0.25) is 0 Å². The van der Waals surface area contributed by atoms with E-state index in [4.69, 9.17) is 0 Å². The van der Waals surface area contributed by atoms with Gasteiger partial charge in [-0.25, -0.2) is 0 Å². The van der Waals surface area contributed by atoms with Crippen LogP contribution >= 0.6 is 0 Å². The van der Waals surface area contributed by atoms with Crippen LogP contribution < -0.4 is 5.32 Å². The van der Waals surface area contributed by atoms with E-state index in [0.717, 1.165) is 25.9 Å². The van der Waals surface area contributed by atoms with E-state index in [2.05, 4.69) is 73.8 Å². The molecule has 0 radical (unpaired) electrons. The summed E-state index contributed by atoms with van der Waals surface area (Å²) in [4.78, 5) is 0. The molecule has 0 aliphatic carbocycles. The van der Waals surface area contributed by atoms with Gasteiger partial charge in [-0.05, 0) is 48.4 Å². The number of hydrogen-bond donors (Lipinski definition) is 1. The zero-order valence-electron chi connectivity index (χ0n) is 13.3. The molecule has 0 aliphatic rings. The molecule has 1 atom stereocenters. The lowest BCUT2D eigenvalue weighted by atomic mass is 9.92. The second-order valence-corrected chi connectivity index (χ2v) is 5.62. The van der Waals surface area contributed by atoms with Crippen molar-refractivity contribution >= 4 is 0 Å². The minimum absolute atomic E-state index is 0.594. The van der Waals surface area contributed by atoms with Crippen molar-refractivity contribution in [2.45, 2.75) is 39.0 Å². The molecule has 1 unspecified atom stereocenters. The molecule has 0 heterocycles. The summed E-state index contributed by atoms with van der Waals surface area (Å²) in [5.41, 5.74) is 4.32. The van der Waals surface area contributed by atoms with Gasteiger partial charge in [0, 0.05) is 6.54 Å². The topological polar surface area (TPSA) is 12.0 Å². The molecule has 1 heteroatoms. The highest BCUT2D eigenvalue weighted by Gasteiger charge is 2.10. The highest BCUT2D eigenvalue weighted by molar-refractivity contribution is 5.24. The standard InChI is InChI=1S/C20H27N/c1-3-17-10-12-18(13-11-17)14-15-20(16-21-4-2)19-8-6-5-7-9-19/h5-13,20-21H,3-4,14-16H2,1-2H3. The zero-order chi connectivity index (χ0) is 14.9. The molecule has 21 heavy (non-hydrogen) atoms. The van der Waals surface area contributed by atoms with Gasteiger partial charge in [0.05, 0.1) is 0 Å². The van der Waals surface area contributed by atoms with Crippen molar-refractivity contribution in [3.63, 3.8) is 0 Å². The first-order valence-electron chi connectivity index (χ1n) is 8.17. The molecular formula is C20H27N. The highest BCUT2D eigenvalue weighted by atomic mass is 14.8. The molecule has 112 valence electrons. The fourth-order valence-electron chi connectivity index (χ4n) is 2.71. The Bertz CT molecular complexity index is 501. The molecule has 0 aliphatic heterocycles. The van der Waals surface area contributed by atoms with E-state index in [9.17, 15) is 0 Å². The lowest BCUT2D eigenvalue weighted by molar-refractivity contribution is 0.562. The third-order valence-corrected chi connectivity index (χ3v) is 4.12. The lowest BCUT2D eigenvalue weighted by Crippen LogP contribution is -2.21. The molecule has 0 aromatic heterocycles. The molecular weight excluding hydrogens is 254 g/mol. The first-order chi connectivity index (χ1) is 10.3. The summed E-state index contributed by atoms with van der Waals surface area (Å²) in [5.74, 6) is 0.594. The normalized spacial score (nSPS) is 12.3. The molecule has 0 saturated carbocycles. The molecule has 0 fully saturated rings. The molecule has 1 N–H and O–H groups in total. The third kappa shape index (κ3) is 5.02. The van der Waals surface area contributed by atoms with Gasteiger partial charge in [-0.1, -0.05) is 68.4 Å². The van der Waals surface area contributed by atoms with Gasteiger partial charge in [-0.3, -0.25) is 0 Å². The van der Waals surface area contributed by atoms with Gasteiger partial charge in [-0.2, -0.15) is 0 Å². The van der Waals surface area contributed by atoms with Gasteiger partial charge in [0.15, 0.2) is 0 Å². The van der Waals surface area contributed by atoms with Crippen LogP contribution in [-0.2, 0) is 12.8 Å². The smallest absolute Gasteiger partial charge is 0.00201 e. The summed E-state index contributed by atoms with van der Waals surface area (Å²) in [6.45, 7) is 6.48. The highest BCUT2D eigenvalue weighted by Crippen LogP contribution is 2.21. The van der Waals surface area contributed by atoms with E-state index in [1.165, 1.54) is 23.1 Å². The molecule has 0 bridgehead atoms. The van der Waals surface area contributed by atoms with Crippen molar-refractivity contribution in [2.75, 3.05) is 13.1 Å². The predicted molar refractivity (Wildman–Crippen MR) is 91.9 cm³/mol. The summed E-state index contributed by atoms with van der Waals surface area (Å²) >= 11 is 0. The number of benzene rings is 2. The van der Waals surface area contributed by atoms with Crippen LogP contribution in [0.4, 0.5) is 0 Å². The average molecular weight is 281 g/mol. The Hall–Kier alpha value is -1.60. The average Bonchev–Trinajstić information content (AvgIpc) is 2.56. The maximum absolute atomic E-state index is 3.50. The number of hydrogen-bond acceptors (Lipinski definition) is 1. The summed E-state index contributed by atoms with van der Waals surface area (Å²) in [5, 5.41) is 3.50. The second-order valence-electron chi connectivity index (χ2n) is 5.62. The van der Waals surface area contributed by atoms with Crippen LogP contribution in [0.25, 0.3) is 0 Å². The molecule has 1 nitrogen and oxygen atoms in total. The van der Waals surface area contributed by atoms with Crippen LogP contribution in [0.15, 0.2) is 54.6 Å². The van der Waals surface area contributed by atoms with Crippen molar-refractivity contribution in [3.8, 4) is 0 Å². The van der Waals surface area contributed by atoms with E-state index in [1.54, 1.807) is 0 Å². The van der Waals surface area contributed by atoms with E-state index in [1.807, 2.05) is 0 Å². The molecule has 0 spiro atoms. The van der Waals surface area contributed by atoms with Crippen LogP contribution in [0, 0.1) is 0 Å². The monoisotopic (exact) mass is 281 g/mol. The van der Waals surface area contributed by atoms with Gasteiger partial charge in [0.2, 0.25) is 0 Å². The maximum Gasteiger partial charge on any atom is 0.00201 e. The molecule has 2 aromatic carbocycles. The summed E-state index contributed by atoms with van der Waals surface area (Å²) in [6.07, 6.45) is 3.46. The zero-order valence-corrected chi connectivity index (χ0v) is 13.3. The van der Waals surface area contributed by atoms with Crippen LogP contribution in [-0.4, -0.2) is 13.1 Å². The number of rotatable bonds is 8. The Labute approximate surface area is 129 Å². The Kier molecular flexibility index (Phi) is 6.49. The minimum atomic E-state index is 0.594. The van der Waals surface area contributed by atoms with E-state index >= 15 is 0 Å². The number of likely N-dealkylation sites (N-methyl/N-ethyl adjacent to an activating group) is 1. The van der Waals surface area contributed by atoms with Crippen molar-refractivity contribution < 1.29 is 0 Å². The maximum atomic E-state index is 3.50. The first-order valence-corrected chi connectivity index (χ1v) is 8.17. The van der Waals surface area contributed by atoms with Crippen LogP contribution in [0.1, 0.15) is 42.9 Å². The van der Waals surface area contributed by atoms with E-state index in [-0.39, 0.29) is 0 Å². The van der Waals surface area contributed by atoms with Gasteiger partial charge < -0.3 is 5.32 Å². The Morgan fingerprint density at radius 3 is 2.14 bits per heavy atom. The van der Waals surface area contributed by atoms with Crippen LogP contribution in [0.5, 0.6) is 0 Å². The van der Waals surface area contributed by atoms with Gasteiger partial charge in [0.1, 0.15) is 0 Å². The second kappa shape index (κ2) is 8.63. The number of aryl methyl sites for hydroxylation is 2. The van der Waals surface area contributed by atoms with Gasteiger partial charge in [0.25, 0.3) is 0 Å². The Balaban J connectivity index is 1.97. The van der Waals surface area contributed by atoms with Crippen molar-refractivity contribution in [1.29, 1.82) is 0 Å². The summed E-state index contributed by atoms with van der Waals surface area (Å²) in [6, 6.07) is 20.0. The predicted octanol–water partition coefficient (Wildman–Crippen LogP) is 4.57. The quantitative estimate of drug-likeness (QED) is 0.747. The fraction of sp³-hybridized carbons (Fsp3) is 0.400. The first kappa shape index (κ1) is 15.8. The minimum Gasteiger partial charge on any atom is -0.316 e. The van der Waals surface area contributed by atoms with Crippen molar-refractivity contribution in [1.82, 2.24) is 5.32 Å². The lowest BCUT2D eigenvalue weighted by Gasteiger charge is -2.18. The van der Waals surface area contributed by atoms with Crippen LogP contribution in [0.3, 0.4) is 0 Å². The summed E-state index contributed by atoms with van der Waals surface area (Å²) < 4.78 is 0. The Morgan fingerprint density at radius 2 is 1.52 bits per heavy atom. The van der Waals surface area contributed by atoms with E-state index in [0.29, 0.717) is 5.92 Å². The van der Waals surface area contributed by atoms with Gasteiger partial charge >= 0.3 is 0 Å². The Morgan fingerprint density at radius 1 is 0.857 bits per heavy atom. The molecule has 0 amide bonds. The largest absolute Gasteiger partial charge is 0.316 e. The molecule has 2 aromatic rings. The molecule has 0 saturated heterocycles. The van der Waals surface area contributed by atoms with E-state index < -0.39 is 0 Å². The van der Waals surface area contributed by atoms with Gasteiger partial charge in [-0.15, -0.1) is 0 Å². The fourth-order valence-corrected chi connectivity index (χ4v) is 2.71. The summed E-state index contributed by atoms with van der Waals surface area (Å²) in [7, 11) is 0. The molecule has 2 rings (SSSR count). The van der Waals surface area contributed by atoms with Crippen molar-refractivity contribution in [2.24, 2.45) is 0 Å². The SMILES string of the molecule is CCNCC(CCc1ccc(CC)cc1)c1ccccc1. The van der Waals surface area contributed by atoms with Crippen molar-refractivity contribution in [3.05, 3.63) is 71.3 Å².